The molecule has 0 spiro atoms. The highest BCUT2D eigenvalue weighted by Gasteiger charge is 2.09. The lowest BCUT2D eigenvalue weighted by Crippen LogP contribution is -2.15. The molecule has 0 aromatic heterocycles. The van der Waals surface area contributed by atoms with E-state index in [9.17, 15) is 4.79 Å². The van der Waals surface area contributed by atoms with Crippen molar-refractivity contribution in [3.8, 4) is 11.5 Å². The minimum atomic E-state index is -0.0851. The van der Waals surface area contributed by atoms with Crippen LogP contribution in [0.4, 0.5) is 5.69 Å². The monoisotopic (exact) mass is 299 g/mol. The second kappa shape index (κ2) is 7.50. The van der Waals surface area contributed by atoms with Gasteiger partial charge in [0.2, 0.25) is 5.91 Å². The summed E-state index contributed by atoms with van der Waals surface area (Å²) in [6, 6.07) is 13.2. The van der Waals surface area contributed by atoms with E-state index in [1.165, 1.54) is 0 Å². The molecule has 1 amide bonds. The lowest BCUT2D eigenvalue weighted by molar-refractivity contribution is -0.115. The first kappa shape index (κ1) is 15.9. The second-order valence-corrected chi connectivity index (χ2v) is 5.01. The topological polar surface area (TPSA) is 47.6 Å². The van der Waals surface area contributed by atoms with Crippen molar-refractivity contribution in [2.75, 3.05) is 19.0 Å². The molecule has 0 atom stereocenters. The highest BCUT2D eigenvalue weighted by molar-refractivity contribution is 5.93. The van der Waals surface area contributed by atoms with Crippen LogP contribution in [0.15, 0.2) is 42.5 Å². The molecule has 0 saturated carbocycles. The number of carbonyl (C=O) groups is 1. The first-order chi connectivity index (χ1) is 10.6. The molecule has 2 aromatic carbocycles. The second-order valence-electron chi connectivity index (χ2n) is 5.01. The Kier molecular flexibility index (Phi) is 5.42. The average Bonchev–Trinajstić information content (AvgIpc) is 2.50. The van der Waals surface area contributed by atoms with Gasteiger partial charge in [-0.05, 0) is 49.2 Å². The lowest BCUT2D eigenvalue weighted by Gasteiger charge is -2.12. The van der Waals surface area contributed by atoms with Gasteiger partial charge >= 0.3 is 0 Å². The van der Waals surface area contributed by atoms with E-state index in [2.05, 4.69) is 5.32 Å². The number of benzene rings is 2. The van der Waals surface area contributed by atoms with Crippen molar-refractivity contribution in [1.82, 2.24) is 0 Å². The molecule has 1 N–H and O–H groups in total. The maximum absolute atomic E-state index is 12.2. The summed E-state index contributed by atoms with van der Waals surface area (Å²) in [7, 11) is 1.61. The molecule has 0 bridgehead atoms. The fraction of sp³-hybridized carbons (Fsp3) is 0.278. The van der Waals surface area contributed by atoms with Gasteiger partial charge in [-0.25, -0.2) is 0 Å². The van der Waals surface area contributed by atoms with Crippen LogP contribution in [0.2, 0.25) is 0 Å². The molecule has 22 heavy (non-hydrogen) atoms. The molecule has 2 rings (SSSR count). The number of carbonyl (C=O) groups excluding carboxylic acids is 1. The SMILES string of the molecule is CCOc1cc(C)ccc1NC(=O)Cc1cccc(OC)c1. The zero-order valence-electron chi connectivity index (χ0n) is 13.2. The quantitative estimate of drug-likeness (QED) is 0.887. The van der Waals surface area contributed by atoms with Crippen molar-refractivity contribution in [2.24, 2.45) is 0 Å². The first-order valence-corrected chi connectivity index (χ1v) is 7.28. The largest absolute Gasteiger partial charge is 0.497 e. The van der Waals surface area contributed by atoms with Crippen LogP contribution in [0.5, 0.6) is 11.5 Å². The molecule has 4 nitrogen and oxygen atoms in total. The van der Waals surface area contributed by atoms with E-state index in [0.717, 1.165) is 16.9 Å². The number of rotatable bonds is 6. The normalized spacial score (nSPS) is 10.1. The molecular weight excluding hydrogens is 278 g/mol. The van der Waals surface area contributed by atoms with Gasteiger partial charge in [0, 0.05) is 0 Å². The first-order valence-electron chi connectivity index (χ1n) is 7.28. The van der Waals surface area contributed by atoms with Crippen molar-refractivity contribution in [3.05, 3.63) is 53.6 Å². The number of amides is 1. The fourth-order valence-corrected chi connectivity index (χ4v) is 2.17. The number of nitrogens with one attached hydrogen (secondary N) is 1. The maximum Gasteiger partial charge on any atom is 0.228 e. The van der Waals surface area contributed by atoms with Crippen molar-refractivity contribution in [3.63, 3.8) is 0 Å². The molecule has 4 heteroatoms. The molecule has 116 valence electrons. The Labute approximate surface area is 131 Å². The zero-order chi connectivity index (χ0) is 15.9. The lowest BCUT2D eigenvalue weighted by atomic mass is 10.1. The van der Waals surface area contributed by atoms with E-state index in [-0.39, 0.29) is 12.3 Å². The molecule has 0 aliphatic carbocycles. The molecule has 0 aliphatic rings. The smallest absolute Gasteiger partial charge is 0.228 e. The number of aryl methyl sites for hydroxylation is 1. The predicted octanol–water partition coefficient (Wildman–Crippen LogP) is 3.58. The Morgan fingerprint density at radius 2 is 2.00 bits per heavy atom. The summed E-state index contributed by atoms with van der Waals surface area (Å²) in [6.45, 7) is 4.47. The van der Waals surface area contributed by atoms with Crippen LogP contribution >= 0.6 is 0 Å². The van der Waals surface area contributed by atoms with Gasteiger partial charge in [0.1, 0.15) is 11.5 Å². The van der Waals surface area contributed by atoms with E-state index in [4.69, 9.17) is 9.47 Å². The summed E-state index contributed by atoms with van der Waals surface area (Å²) in [4.78, 5) is 12.2. The van der Waals surface area contributed by atoms with E-state index >= 15 is 0 Å². The third-order valence-corrected chi connectivity index (χ3v) is 3.21. The van der Waals surface area contributed by atoms with Crippen molar-refractivity contribution < 1.29 is 14.3 Å². The molecule has 0 radical (unpaired) electrons. The Bertz CT molecular complexity index is 653. The van der Waals surface area contributed by atoms with Gasteiger partial charge < -0.3 is 14.8 Å². The highest BCUT2D eigenvalue weighted by atomic mass is 16.5. The van der Waals surface area contributed by atoms with Crippen molar-refractivity contribution >= 4 is 11.6 Å². The molecule has 0 unspecified atom stereocenters. The average molecular weight is 299 g/mol. The van der Waals surface area contributed by atoms with Crippen LogP contribution in [0, 0.1) is 6.92 Å². The van der Waals surface area contributed by atoms with Gasteiger partial charge in [-0.15, -0.1) is 0 Å². The third kappa shape index (κ3) is 4.25. The van der Waals surface area contributed by atoms with Crippen LogP contribution in [-0.2, 0) is 11.2 Å². The van der Waals surface area contributed by atoms with Gasteiger partial charge in [0.15, 0.2) is 0 Å². The molecule has 2 aromatic rings. The molecular formula is C18H21NO3. The number of hydrogen-bond donors (Lipinski definition) is 1. The maximum atomic E-state index is 12.2. The zero-order valence-corrected chi connectivity index (χ0v) is 13.2. The van der Waals surface area contributed by atoms with Gasteiger partial charge in [0.25, 0.3) is 0 Å². The molecule has 0 aliphatic heterocycles. The summed E-state index contributed by atoms with van der Waals surface area (Å²) in [5.74, 6) is 1.36. The number of anilines is 1. The van der Waals surface area contributed by atoms with Crippen LogP contribution in [-0.4, -0.2) is 19.6 Å². The minimum Gasteiger partial charge on any atom is -0.497 e. The summed E-state index contributed by atoms with van der Waals surface area (Å²) < 4.78 is 10.7. The standard InChI is InChI=1S/C18H21NO3/c1-4-22-17-10-13(2)8-9-16(17)19-18(20)12-14-6-5-7-15(11-14)21-3/h5-11H,4,12H2,1-3H3,(H,19,20). The van der Waals surface area contributed by atoms with Crippen LogP contribution in [0.25, 0.3) is 0 Å². The molecule has 0 fully saturated rings. The van der Waals surface area contributed by atoms with E-state index in [1.54, 1.807) is 7.11 Å². The van der Waals surface area contributed by atoms with Gasteiger partial charge in [-0.3, -0.25) is 4.79 Å². The summed E-state index contributed by atoms with van der Waals surface area (Å²) in [6.07, 6.45) is 0.288. The van der Waals surface area contributed by atoms with E-state index < -0.39 is 0 Å². The third-order valence-electron chi connectivity index (χ3n) is 3.21. The van der Waals surface area contributed by atoms with Gasteiger partial charge in [-0.1, -0.05) is 18.2 Å². The van der Waals surface area contributed by atoms with E-state index in [0.29, 0.717) is 18.0 Å². The fourth-order valence-electron chi connectivity index (χ4n) is 2.17. The van der Waals surface area contributed by atoms with Crippen molar-refractivity contribution in [1.29, 1.82) is 0 Å². The Hall–Kier alpha value is -2.49. The van der Waals surface area contributed by atoms with Crippen LogP contribution in [0.1, 0.15) is 18.1 Å². The molecule has 0 heterocycles. The van der Waals surface area contributed by atoms with E-state index in [1.807, 2.05) is 56.3 Å². The summed E-state index contributed by atoms with van der Waals surface area (Å²) in [5.41, 5.74) is 2.69. The number of ether oxygens (including phenoxy) is 2. The predicted molar refractivity (Wildman–Crippen MR) is 87.7 cm³/mol. The summed E-state index contributed by atoms with van der Waals surface area (Å²) in [5, 5.41) is 2.90. The Morgan fingerprint density at radius 1 is 1.18 bits per heavy atom. The van der Waals surface area contributed by atoms with Crippen LogP contribution in [0.3, 0.4) is 0 Å². The van der Waals surface area contributed by atoms with Gasteiger partial charge in [0.05, 0.1) is 25.8 Å². The molecule has 0 saturated heterocycles. The Balaban J connectivity index is 2.08. The Morgan fingerprint density at radius 3 is 2.73 bits per heavy atom. The minimum absolute atomic E-state index is 0.0851. The van der Waals surface area contributed by atoms with Gasteiger partial charge in [-0.2, -0.15) is 0 Å². The number of methoxy groups -OCH3 is 1. The van der Waals surface area contributed by atoms with Crippen molar-refractivity contribution in [2.45, 2.75) is 20.3 Å². The highest BCUT2D eigenvalue weighted by Crippen LogP contribution is 2.26. The summed E-state index contributed by atoms with van der Waals surface area (Å²) >= 11 is 0. The van der Waals surface area contributed by atoms with Crippen LogP contribution < -0.4 is 14.8 Å². The number of hydrogen-bond acceptors (Lipinski definition) is 3.